The van der Waals surface area contributed by atoms with Crippen molar-refractivity contribution in [2.24, 2.45) is 0 Å². The summed E-state index contributed by atoms with van der Waals surface area (Å²) < 4.78 is 11.1. The molecule has 4 heteroatoms. The van der Waals surface area contributed by atoms with Gasteiger partial charge in [-0.25, -0.2) is 0 Å². The van der Waals surface area contributed by atoms with Gasteiger partial charge >= 0.3 is 0 Å². The minimum atomic E-state index is 0.204. The van der Waals surface area contributed by atoms with Crippen LogP contribution in [0.2, 0.25) is 0 Å². The highest BCUT2D eigenvalue weighted by molar-refractivity contribution is 7.11. The summed E-state index contributed by atoms with van der Waals surface area (Å²) in [4.78, 5) is 2.86. The first kappa shape index (κ1) is 14.0. The first-order valence-corrected chi connectivity index (χ1v) is 7.55. The van der Waals surface area contributed by atoms with Crippen molar-refractivity contribution in [3.8, 4) is 0 Å². The van der Waals surface area contributed by atoms with Gasteiger partial charge in [0, 0.05) is 36.1 Å². The van der Waals surface area contributed by atoms with Crippen LogP contribution in [0.3, 0.4) is 0 Å². The van der Waals surface area contributed by atoms with Crippen molar-refractivity contribution in [1.82, 2.24) is 5.32 Å². The Labute approximate surface area is 113 Å². The number of hydrogen-bond donors (Lipinski definition) is 1. The molecule has 1 heterocycles. The van der Waals surface area contributed by atoms with E-state index in [9.17, 15) is 0 Å². The van der Waals surface area contributed by atoms with Crippen molar-refractivity contribution in [3.63, 3.8) is 0 Å². The Morgan fingerprint density at radius 1 is 1.33 bits per heavy atom. The van der Waals surface area contributed by atoms with Crippen LogP contribution in [-0.2, 0) is 22.4 Å². The molecule has 0 bridgehead atoms. The second kappa shape index (κ2) is 6.66. The number of hydrogen-bond acceptors (Lipinski definition) is 4. The van der Waals surface area contributed by atoms with Crippen LogP contribution in [0.1, 0.15) is 30.0 Å². The molecule has 3 atom stereocenters. The van der Waals surface area contributed by atoms with Crippen molar-refractivity contribution in [3.05, 3.63) is 21.9 Å². The van der Waals surface area contributed by atoms with E-state index < -0.39 is 0 Å². The molecule has 1 aromatic rings. The summed E-state index contributed by atoms with van der Waals surface area (Å²) in [6.45, 7) is 5.93. The third kappa shape index (κ3) is 3.12. The molecule has 0 radical (unpaired) electrons. The van der Waals surface area contributed by atoms with E-state index in [1.54, 1.807) is 7.11 Å². The molecular weight excluding hydrogens is 246 g/mol. The molecular formula is C14H23NO2S. The summed E-state index contributed by atoms with van der Waals surface area (Å²) in [6.07, 6.45) is 2.65. The van der Waals surface area contributed by atoms with E-state index in [1.807, 2.05) is 18.3 Å². The summed E-state index contributed by atoms with van der Waals surface area (Å²) in [6, 6.07) is 4.87. The fraction of sp³-hybridized carbons (Fsp3) is 0.714. The zero-order valence-corrected chi connectivity index (χ0v) is 12.3. The molecule has 1 aliphatic rings. The number of methoxy groups -OCH3 is 1. The maximum absolute atomic E-state index is 5.62. The van der Waals surface area contributed by atoms with Gasteiger partial charge in [-0.3, -0.25) is 0 Å². The lowest BCUT2D eigenvalue weighted by Crippen LogP contribution is -2.59. The van der Waals surface area contributed by atoms with Crippen LogP contribution in [0, 0.1) is 0 Å². The van der Waals surface area contributed by atoms with Crippen LogP contribution in [0.5, 0.6) is 0 Å². The van der Waals surface area contributed by atoms with Crippen LogP contribution in [-0.4, -0.2) is 32.0 Å². The second-order valence-electron chi connectivity index (χ2n) is 4.64. The number of rotatable bonds is 7. The maximum atomic E-state index is 5.62. The zero-order valence-electron chi connectivity index (χ0n) is 11.4. The van der Waals surface area contributed by atoms with Gasteiger partial charge in [0.25, 0.3) is 0 Å². The summed E-state index contributed by atoms with van der Waals surface area (Å²) in [5.74, 6) is 0. The molecule has 3 unspecified atom stereocenters. The second-order valence-corrected chi connectivity index (χ2v) is 5.89. The summed E-state index contributed by atoms with van der Waals surface area (Å²) in [5.41, 5.74) is 0. The van der Waals surface area contributed by atoms with Gasteiger partial charge in [-0.1, -0.05) is 6.92 Å². The van der Waals surface area contributed by atoms with Gasteiger partial charge in [-0.05, 0) is 31.9 Å². The fourth-order valence-corrected chi connectivity index (χ4v) is 3.32. The standard InChI is InChI=1S/C14H23NO2S/c1-4-10-6-7-11(18-10)9-15-12-8-13(17-5-2)14(12)16-3/h6-7,12-15H,4-5,8-9H2,1-3H3. The van der Waals surface area contributed by atoms with E-state index in [4.69, 9.17) is 9.47 Å². The van der Waals surface area contributed by atoms with Crippen LogP contribution in [0.15, 0.2) is 12.1 Å². The quantitative estimate of drug-likeness (QED) is 0.825. The average Bonchev–Trinajstić information content (AvgIpc) is 2.81. The summed E-state index contributed by atoms with van der Waals surface area (Å²) in [7, 11) is 1.77. The highest BCUT2D eigenvalue weighted by Crippen LogP contribution is 2.27. The Morgan fingerprint density at radius 3 is 2.72 bits per heavy atom. The van der Waals surface area contributed by atoms with E-state index in [0.29, 0.717) is 6.04 Å². The number of ether oxygens (including phenoxy) is 2. The largest absolute Gasteiger partial charge is 0.377 e. The van der Waals surface area contributed by atoms with Crippen molar-refractivity contribution in [1.29, 1.82) is 0 Å². The van der Waals surface area contributed by atoms with Crippen LogP contribution in [0.4, 0.5) is 0 Å². The molecule has 1 N–H and O–H groups in total. The molecule has 1 saturated carbocycles. The lowest BCUT2D eigenvalue weighted by atomic mass is 9.85. The van der Waals surface area contributed by atoms with Gasteiger partial charge in [-0.15, -0.1) is 11.3 Å². The molecule has 0 saturated heterocycles. The lowest BCUT2D eigenvalue weighted by Gasteiger charge is -2.43. The first-order chi connectivity index (χ1) is 8.78. The molecule has 0 aromatic carbocycles. The first-order valence-electron chi connectivity index (χ1n) is 6.73. The predicted octanol–water partition coefficient (Wildman–Crippen LogP) is 2.59. The third-order valence-corrected chi connectivity index (χ3v) is 4.74. The van der Waals surface area contributed by atoms with E-state index in [1.165, 1.54) is 9.75 Å². The highest BCUT2D eigenvalue weighted by atomic mass is 32.1. The molecule has 0 amide bonds. The van der Waals surface area contributed by atoms with Crippen LogP contribution in [0.25, 0.3) is 0 Å². The van der Waals surface area contributed by atoms with E-state index in [-0.39, 0.29) is 12.2 Å². The van der Waals surface area contributed by atoms with Gasteiger partial charge in [0.2, 0.25) is 0 Å². The van der Waals surface area contributed by atoms with Gasteiger partial charge in [0.1, 0.15) is 0 Å². The van der Waals surface area contributed by atoms with Gasteiger partial charge in [0.05, 0.1) is 12.2 Å². The van der Waals surface area contributed by atoms with Crippen LogP contribution < -0.4 is 5.32 Å². The Balaban J connectivity index is 1.77. The highest BCUT2D eigenvalue weighted by Gasteiger charge is 2.41. The number of thiophene rings is 1. The maximum Gasteiger partial charge on any atom is 0.0986 e. The van der Waals surface area contributed by atoms with Crippen molar-refractivity contribution in [2.45, 2.75) is 51.5 Å². The molecule has 1 aromatic heterocycles. The van der Waals surface area contributed by atoms with E-state index in [0.717, 1.165) is 26.0 Å². The molecule has 18 heavy (non-hydrogen) atoms. The molecule has 3 nitrogen and oxygen atoms in total. The van der Waals surface area contributed by atoms with Gasteiger partial charge in [-0.2, -0.15) is 0 Å². The van der Waals surface area contributed by atoms with Crippen molar-refractivity contribution in [2.75, 3.05) is 13.7 Å². The topological polar surface area (TPSA) is 30.5 Å². The smallest absolute Gasteiger partial charge is 0.0986 e. The predicted molar refractivity (Wildman–Crippen MR) is 75.2 cm³/mol. The zero-order chi connectivity index (χ0) is 13.0. The van der Waals surface area contributed by atoms with E-state index >= 15 is 0 Å². The fourth-order valence-electron chi connectivity index (χ4n) is 2.41. The Hall–Kier alpha value is -0.420. The Morgan fingerprint density at radius 2 is 2.11 bits per heavy atom. The molecule has 0 spiro atoms. The normalized spacial score (nSPS) is 27.2. The van der Waals surface area contributed by atoms with Gasteiger partial charge in [0.15, 0.2) is 0 Å². The SMILES string of the molecule is CCOC1CC(NCc2ccc(CC)s2)C1OC. The molecule has 1 fully saturated rings. The molecule has 2 rings (SSSR count). The van der Waals surface area contributed by atoms with Crippen molar-refractivity contribution >= 4 is 11.3 Å². The minimum Gasteiger partial charge on any atom is -0.377 e. The average molecular weight is 269 g/mol. The third-order valence-electron chi connectivity index (χ3n) is 3.51. The van der Waals surface area contributed by atoms with Crippen molar-refractivity contribution < 1.29 is 9.47 Å². The molecule has 1 aliphatic carbocycles. The Bertz CT molecular complexity index is 366. The molecule has 102 valence electrons. The monoisotopic (exact) mass is 269 g/mol. The Kier molecular flexibility index (Phi) is 5.18. The number of nitrogens with one attached hydrogen (secondary N) is 1. The minimum absolute atomic E-state index is 0.204. The summed E-state index contributed by atoms with van der Waals surface area (Å²) >= 11 is 1.89. The van der Waals surface area contributed by atoms with Crippen LogP contribution >= 0.6 is 11.3 Å². The lowest BCUT2D eigenvalue weighted by molar-refractivity contribution is -0.131. The van der Waals surface area contributed by atoms with Gasteiger partial charge < -0.3 is 14.8 Å². The number of aryl methyl sites for hydroxylation is 1. The van der Waals surface area contributed by atoms with E-state index in [2.05, 4.69) is 24.4 Å². The molecule has 0 aliphatic heterocycles. The summed E-state index contributed by atoms with van der Waals surface area (Å²) in [5, 5.41) is 3.57.